The molecule has 4 fully saturated rings. The predicted octanol–water partition coefficient (Wildman–Crippen LogP) is 6.04. The van der Waals surface area contributed by atoms with Gasteiger partial charge in [0.25, 0.3) is 0 Å². The second-order valence-corrected chi connectivity index (χ2v) is 22.9. The molecule has 17 nitrogen and oxygen atoms in total. The molecule has 1 aliphatic heterocycles. The van der Waals surface area contributed by atoms with Crippen LogP contribution in [-0.4, -0.2) is 111 Å². The molecule has 362 valence electrons. The molecule has 1 aromatic carbocycles. The van der Waals surface area contributed by atoms with E-state index in [1.807, 2.05) is 35.1 Å². The second kappa shape index (κ2) is 20.4. The summed E-state index contributed by atoms with van der Waals surface area (Å²) >= 11 is 0. The number of phosphoric acid groups is 1. The minimum absolute atomic E-state index is 0.0180. The van der Waals surface area contributed by atoms with Crippen molar-refractivity contribution in [1.29, 1.82) is 0 Å². The SMILES string of the molecule is C[C@]12Cc3cnn(-c4cccc(OCCCCCCP(=O)(O)OP(=O)(O)OCCNC(=O)COC5C#CCCCCC5)c4)c3C=C1CC[C@@H]1[C@@H]2[C@@H](O)C[C@@]2(C)[C@H]1C[C@H]1OCO[C@]12C(=O)CO. The van der Waals surface area contributed by atoms with E-state index in [2.05, 4.69) is 41.4 Å². The fourth-order valence-electron chi connectivity index (χ4n) is 12.3. The molecule has 8 rings (SSSR count). The smallest absolute Gasteiger partial charge is 0.479 e. The zero-order chi connectivity index (χ0) is 46.7. The van der Waals surface area contributed by atoms with Crippen molar-refractivity contribution >= 4 is 33.2 Å². The van der Waals surface area contributed by atoms with Gasteiger partial charge in [-0.3, -0.25) is 18.7 Å². The quantitative estimate of drug-likeness (QED) is 0.0579. The summed E-state index contributed by atoms with van der Waals surface area (Å²) in [7, 11) is -9.29. The largest absolute Gasteiger partial charge is 0.494 e. The van der Waals surface area contributed by atoms with Gasteiger partial charge in [0.05, 0.1) is 49.2 Å². The zero-order valence-electron chi connectivity index (χ0n) is 37.9. The average molecular weight is 958 g/mol. The highest BCUT2D eigenvalue weighted by Crippen LogP contribution is 2.69. The Balaban J connectivity index is 0.769. The Bertz CT molecular complexity index is 2290. The van der Waals surface area contributed by atoms with Crippen molar-refractivity contribution in [2.75, 3.05) is 45.9 Å². The summed E-state index contributed by atoms with van der Waals surface area (Å²) in [6.45, 7) is 3.40. The lowest BCUT2D eigenvalue weighted by Crippen LogP contribution is -2.63. The molecule has 2 heterocycles. The molecular weight excluding hydrogens is 892 g/mol. The number of phosphoric ester groups is 1. The molecule has 1 aromatic heterocycles. The number of nitrogens with one attached hydrogen (secondary N) is 1. The number of amides is 1. The number of hydrogen-bond acceptors (Lipinski definition) is 13. The van der Waals surface area contributed by atoms with E-state index in [4.69, 9.17) is 28.6 Å². The van der Waals surface area contributed by atoms with Crippen molar-refractivity contribution in [1.82, 2.24) is 15.1 Å². The number of fused-ring (bicyclic) bond motifs is 8. The van der Waals surface area contributed by atoms with Crippen LogP contribution in [0.2, 0.25) is 0 Å². The molecule has 0 spiro atoms. The number of hydrogen-bond donors (Lipinski definition) is 5. The summed E-state index contributed by atoms with van der Waals surface area (Å²) in [5, 5.41) is 29.4. The van der Waals surface area contributed by atoms with Gasteiger partial charge in [0, 0.05) is 24.4 Å². The molecule has 2 aromatic rings. The number of benzene rings is 1. The fraction of sp³-hybridized carbons (Fsp3) is 0.681. The van der Waals surface area contributed by atoms with Gasteiger partial charge in [0.15, 0.2) is 11.4 Å². The lowest BCUT2D eigenvalue weighted by atomic mass is 9.45. The van der Waals surface area contributed by atoms with Crippen LogP contribution in [0.3, 0.4) is 0 Å². The number of aliphatic hydroxyl groups excluding tert-OH is 2. The second-order valence-electron chi connectivity index (χ2n) is 19.3. The predicted molar refractivity (Wildman–Crippen MR) is 241 cm³/mol. The number of allylic oxidation sites excluding steroid dienone is 1. The van der Waals surface area contributed by atoms with E-state index in [0.717, 1.165) is 68.3 Å². The van der Waals surface area contributed by atoms with Crippen LogP contribution in [0.25, 0.3) is 11.8 Å². The number of unbranched alkanes of at least 4 members (excludes halogenated alkanes) is 3. The molecule has 1 saturated heterocycles. The first-order valence-corrected chi connectivity index (χ1v) is 26.8. The van der Waals surface area contributed by atoms with E-state index in [1.54, 1.807) is 0 Å². The number of ether oxygens (including phenoxy) is 4. The topological polar surface area (TPSA) is 234 Å². The number of carbonyl (C=O) groups excluding carboxylic acids is 2. The van der Waals surface area contributed by atoms with E-state index in [0.29, 0.717) is 44.5 Å². The van der Waals surface area contributed by atoms with E-state index in [1.165, 1.54) is 5.57 Å². The third kappa shape index (κ3) is 10.1. The van der Waals surface area contributed by atoms with Gasteiger partial charge in [-0.2, -0.15) is 5.10 Å². The summed E-state index contributed by atoms with van der Waals surface area (Å²) in [5.74, 6) is 6.18. The molecule has 6 aliphatic rings. The maximum atomic E-state index is 13.3. The van der Waals surface area contributed by atoms with Crippen LogP contribution in [-0.2, 0) is 48.2 Å². The molecule has 5 aliphatic carbocycles. The molecular formula is C47H65N3O14P2. The van der Waals surface area contributed by atoms with Gasteiger partial charge in [-0.05, 0) is 111 Å². The highest BCUT2D eigenvalue weighted by Gasteiger charge is 2.74. The Kier molecular flexibility index (Phi) is 15.2. The average Bonchev–Trinajstić information content (AvgIpc) is 3.94. The summed E-state index contributed by atoms with van der Waals surface area (Å²) in [6.07, 6.45) is 12.8. The Morgan fingerprint density at radius 3 is 2.74 bits per heavy atom. The van der Waals surface area contributed by atoms with E-state index in [9.17, 15) is 38.7 Å². The first kappa shape index (κ1) is 49.2. The van der Waals surface area contributed by atoms with Crippen molar-refractivity contribution < 1.29 is 66.5 Å². The molecule has 66 heavy (non-hydrogen) atoms. The first-order chi connectivity index (χ1) is 31.6. The van der Waals surface area contributed by atoms with Crippen molar-refractivity contribution in [3.8, 4) is 23.3 Å². The summed E-state index contributed by atoms with van der Waals surface area (Å²) in [5.41, 5.74) is 2.05. The van der Waals surface area contributed by atoms with Crippen LogP contribution in [0.15, 0.2) is 36.0 Å². The highest BCUT2D eigenvalue weighted by molar-refractivity contribution is 7.64. The number of aliphatic hydroxyl groups is 2. The van der Waals surface area contributed by atoms with Gasteiger partial charge in [-0.1, -0.05) is 50.7 Å². The highest BCUT2D eigenvalue weighted by atomic mass is 31.3. The van der Waals surface area contributed by atoms with E-state index >= 15 is 0 Å². The lowest BCUT2D eigenvalue weighted by Gasteiger charge is -2.60. The minimum atomic E-state index is -4.85. The van der Waals surface area contributed by atoms with Crippen LogP contribution in [0.5, 0.6) is 5.75 Å². The molecule has 1 amide bonds. The van der Waals surface area contributed by atoms with E-state index < -0.39 is 57.8 Å². The van der Waals surface area contributed by atoms with Gasteiger partial charge in [-0.15, -0.1) is 5.92 Å². The molecule has 11 atom stereocenters. The van der Waals surface area contributed by atoms with Crippen LogP contribution in [0.4, 0.5) is 0 Å². The molecule has 5 N–H and O–H groups in total. The van der Waals surface area contributed by atoms with Gasteiger partial charge in [0.1, 0.15) is 31.9 Å². The summed E-state index contributed by atoms with van der Waals surface area (Å²) in [6, 6.07) is 7.73. The van der Waals surface area contributed by atoms with Gasteiger partial charge >= 0.3 is 15.4 Å². The monoisotopic (exact) mass is 957 g/mol. The van der Waals surface area contributed by atoms with Gasteiger partial charge in [-0.25, -0.2) is 13.6 Å². The van der Waals surface area contributed by atoms with Crippen molar-refractivity contribution in [3.05, 3.63) is 47.3 Å². The molecule has 0 bridgehead atoms. The van der Waals surface area contributed by atoms with Gasteiger partial charge in [0.2, 0.25) is 5.91 Å². The maximum absolute atomic E-state index is 13.3. The van der Waals surface area contributed by atoms with Crippen LogP contribution in [0, 0.1) is 40.4 Å². The Morgan fingerprint density at radius 2 is 1.91 bits per heavy atom. The molecule has 0 radical (unpaired) electrons. The molecule has 3 saturated carbocycles. The van der Waals surface area contributed by atoms with Crippen LogP contribution >= 0.6 is 15.4 Å². The fourth-order valence-corrected chi connectivity index (χ4v) is 15.0. The summed E-state index contributed by atoms with van der Waals surface area (Å²) < 4.78 is 60.0. The number of ketones is 1. The Labute approximate surface area is 386 Å². The number of Topliss-reactive ketones (excluding diaryl/α,β-unsaturated/α-hetero) is 1. The number of aromatic nitrogens is 2. The number of nitrogens with zero attached hydrogens (tertiary/aromatic N) is 2. The standard InChI is InChI=1S/C47H65N3O14P2/c1-45-26-32-28-49-50(39(32)23-33(45)17-18-37-38-25-42-47(41(53)29-51,62-31-61-42)46(38,2)27-40(52)44(37)45)34-13-12-16-36(24-34)59-20-10-6-7-11-22-65(55,56)64-66(57,58)63-21-19-48-43(54)30-60-35-14-8-4-3-5-9-15-35/h12-13,16,23-24,28,35,37-38,40,42,44,51-52H,3-8,10-11,14,17-22,25-27,29-31H2,1-2H3,(H,48,54)(H,55,56)(H,57,58)/t35?,37-,38-,40-,42+,44+,45-,46-,47+/m0/s1. The summed E-state index contributed by atoms with van der Waals surface area (Å²) in [4.78, 5) is 45.7. The number of carbonyl (C=O) groups is 2. The van der Waals surface area contributed by atoms with E-state index in [-0.39, 0.29) is 67.6 Å². The van der Waals surface area contributed by atoms with Gasteiger partial charge < -0.3 is 44.3 Å². The van der Waals surface area contributed by atoms with Crippen molar-refractivity contribution in [3.63, 3.8) is 0 Å². The Morgan fingerprint density at radius 1 is 1.08 bits per heavy atom. The van der Waals surface area contributed by atoms with Crippen LogP contribution < -0.4 is 10.1 Å². The molecule has 19 heteroatoms. The number of rotatable bonds is 20. The molecule has 3 unspecified atom stereocenters. The minimum Gasteiger partial charge on any atom is -0.494 e. The Hall–Kier alpha value is -3.23. The first-order valence-electron chi connectivity index (χ1n) is 23.6. The van der Waals surface area contributed by atoms with Crippen molar-refractivity contribution in [2.24, 2.45) is 28.6 Å². The lowest BCUT2D eigenvalue weighted by molar-refractivity contribution is -0.188. The third-order valence-corrected chi connectivity index (χ3v) is 18.5. The van der Waals surface area contributed by atoms with Crippen LogP contribution in [0.1, 0.15) is 109 Å². The van der Waals surface area contributed by atoms with Crippen molar-refractivity contribution in [2.45, 2.75) is 128 Å². The zero-order valence-corrected chi connectivity index (χ0v) is 39.7. The third-order valence-electron chi connectivity index (χ3n) is 15.2. The maximum Gasteiger partial charge on any atom is 0.479 e. The normalized spacial score (nSPS) is 32.8.